The van der Waals surface area contributed by atoms with Gasteiger partial charge in [-0.1, -0.05) is 24.3 Å². The normalized spacial score (nSPS) is 12.9. The summed E-state index contributed by atoms with van der Waals surface area (Å²) >= 11 is 6.51. The van der Waals surface area contributed by atoms with Crippen LogP contribution in [0.2, 0.25) is 5.02 Å². The molecular formula is C23H19ClF3N7O2S. The molecule has 9 nitrogen and oxygen atoms in total. The maximum absolute atomic E-state index is 13.0. The van der Waals surface area contributed by atoms with Crippen LogP contribution in [0.4, 0.5) is 19.0 Å². The molecule has 0 aliphatic heterocycles. The number of anilines is 1. The lowest BCUT2D eigenvalue weighted by Crippen LogP contribution is -2.27. The average Bonchev–Trinajstić information content (AvgIpc) is 3.36. The molecule has 37 heavy (non-hydrogen) atoms. The first-order valence-electron chi connectivity index (χ1n) is 10.5. The Morgan fingerprint density at radius 3 is 2.54 bits per heavy atom. The summed E-state index contributed by atoms with van der Waals surface area (Å²) in [5.74, 6) is -1.54. The molecule has 0 aliphatic carbocycles. The van der Waals surface area contributed by atoms with E-state index < -0.39 is 34.6 Å². The van der Waals surface area contributed by atoms with Crippen LogP contribution in [0, 0.1) is 0 Å². The van der Waals surface area contributed by atoms with Gasteiger partial charge in [-0.3, -0.25) is 14.6 Å². The number of carbonyl (C=O) groups excluding carboxylic acids is 2. The van der Waals surface area contributed by atoms with Crippen LogP contribution in [0.5, 0.6) is 0 Å². The van der Waals surface area contributed by atoms with E-state index in [0.29, 0.717) is 22.3 Å². The van der Waals surface area contributed by atoms with Gasteiger partial charge in [-0.25, -0.2) is 19.9 Å². The van der Waals surface area contributed by atoms with Crippen LogP contribution >= 0.6 is 22.9 Å². The number of nitrogens with one attached hydrogen (secondary N) is 2. The van der Waals surface area contributed by atoms with Gasteiger partial charge in [0.1, 0.15) is 27.7 Å². The molecule has 0 saturated carbocycles. The lowest BCUT2D eigenvalue weighted by atomic mass is 10.1. The predicted octanol–water partition coefficient (Wildman–Crippen LogP) is 5.36. The number of halogens is 4. The van der Waals surface area contributed by atoms with Gasteiger partial charge in [0.25, 0.3) is 11.8 Å². The highest BCUT2D eigenvalue weighted by atomic mass is 35.5. The Bertz CT molecular complexity index is 1390. The van der Waals surface area contributed by atoms with Gasteiger partial charge in [-0.2, -0.15) is 13.2 Å². The molecule has 2 amide bonds. The van der Waals surface area contributed by atoms with Crippen molar-refractivity contribution >= 4 is 52.4 Å². The van der Waals surface area contributed by atoms with Gasteiger partial charge in [0.05, 0.1) is 28.5 Å². The molecule has 3 aromatic heterocycles. The molecule has 2 N–H and O–H groups in total. The Balaban J connectivity index is 1.69. The number of allylic oxidation sites excluding steroid dienone is 2. The Kier molecular flexibility index (Phi) is 8.84. The summed E-state index contributed by atoms with van der Waals surface area (Å²) in [4.78, 5) is 45.3. The summed E-state index contributed by atoms with van der Waals surface area (Å²) in [6, 6.07) is 1.54. The Hall–Kier alpha value is -3.97. The molecule has 3 heterocycles. The summed E-state index contributed by atoms with van der Waals surface area (Å²) in [7, 11) is 0. The van der Waals surface area contributed by atoms with E-state index in [1.165, 1.54) is 24.8 Å². The Morgan fingerprint density at radius 2 is 1.86 bits per heavy atom. The fourth-order valence-electron chi connectivity index (χ4n) is 2.89. The molecule has 0 saturated heterocycles. The largest absolute Gasteiger partial charge is 0.418 e. The molecule has 192 valence electrons. The quantitative estimate of drug-likeness (QED) is 0.365. The third-order valence-corrected chi connectivity index (χ3v) is 6.17. The number of thiazole rings is 1. The third kappa shape index (κ3) is 7.05. The Morgan fingerprint density at radius 1 is 1.14 bits per heavy atom. The molecule has 14 heteroatoms. The molecule has 0 spiro atoms. The van der Waals surface area contributed by atoms with Crippen molar-refractivity contribution in [1.82, 2.24) is 25.3 Å². The number of rotatable bonds is 8. The number of pyridine rings is 1. The van der Waals surface area contributed by atoms with Gasteiger partial charge in [0, 0.05) is 24.2 Å². The zero-order valence-electron chi connectivity index (χ0n) is 19.4. The average molecular weight is 550 g/mol. The van der Waals surface area contributed by atoms with E-state index in [1.807, 2.05) is 0 Å². The van der Waals surface area contributed by atoms with E-state index in [0.717, 1.165) is 17.5 Å². The third-order valence-electron chi connectivity index (χ3n) is 4.69. The fraction of sp³-hybridized carbons (Fsp3) is 0.174. The maximum Gasteiger partial charge on any atom is 0.418 e. The zero-order chi connectivity index (χ0) is 27.2. The highest BCUT2D eigenvalue weighted by molar-refractivity contribution is 7.13. The van der Waals surface area contributed by atoms with Crippen molar-refractivity contribution in [1.29, 1.82) is 0 Å². The second kappa shape index (κ2) is 11.8. The highest BCUT2D eigenvalue weighted by Crippen LogP contribution is 2.35. The standard InChI is InChI=1S/C23H19ClF3N7O2S/c1-4-13(8-28-5-2)16-7-17(32-11-31-16)20(35)33-12(3)22-30-10-18(37-22)21(36)34-19-6-14(23(25,26)27)15(24)9-29-19/h4-12H,2H2,1,3H3,(H,33,35)(H,29,34,36)/b13-4+,28-8-. The fourth-order valence-corrected chi connectivity index (χ4v) is 3.91. The van der Waals surface area contributed by atoms with Crippen LogP contribution in [-0.2, 0) is 6.18 Å². The molecule has 0 bridgehead atoms. The molecule has 3 aromatic rings. The predicted molar refractivity (Wildman–Crippen MR) is 135 cm³/mol. The molecular weight excluding hydrogens is 531 g/mol. The molecule has 0 fully saturated rings. The van der Waals surface area contributed by atoms with E-state index in [1.54, 1.807) is 26.1 Å². The monoisotopic (exact) mass is 549 g/mol. The summed E-state index contributed by atoms with van der Waals surface area (Å²) in [6.45, 7) is 6.97. The van der Waals surface area contributed by atoms with Crippen molar-refractivity contribution in [3.8, 4) is 0 Å². The van der Waals surface area contributed by atoms with Crippen molar-refractivity contribution in [2.24, 2.45) is 4.99 Å². The van der Waals surface area contributed by atoms with Crippen LogP contribution in [0.1, 0.15) is 56.3 Å². The van der Waals surface area contributed by atoms with Crippen LogP contribution in [0.25, 0.3) is 5.57 Å². The van der Waals surface area contributed by atoms with Crippen molar-refractivity contribution in [3.05, 3.63) is 81.6 Å². The van der Waals surface area contributed by atoms with Crippen LogP contribution in [-0.4, -0.2) is 38.0 Å². The number of hydrogen-bond acceptors (Lipinski definition) is 8. The van der Waals surface area contributed by atoms with Gasteiger partial charge in [0.15, 0.2) is 0 Å². The molecule has 0 aromatic carbocycles. The van der Waals surface area contributed by atoms with Gasteiger partial charge in [0.2, 0.25) is 0 Å². The van der Waals surface area contributed by atoms with E-state index >= 15 is 0 Å². The first kappa shape index (κ1) is 27.6. The van der Waals surface area contributed by atoms with Gasteiger partial charge >= 0.3 is 6.18 Å². The molecule has 0 radical (unpaired) electrons. The van der Waals surface area contributed by atoms with Crippen molar-refractivity contribution in [2.45, 2.75) is 26.1 Å². The van der Waals surface area contributed by atoms with E-state index in [9.17, 15) is 22.8 Å². The van der Waals surface area contributed by atoms with Crippen LogP contribution in [0.3, 0.4) is 0 Å². The number of carbonyl (C=O) groups is 2. The van der Waals surface area contributed by atoms with Crippen LogP contribution < -0.4 is 10.6 Å². The number of aliphatic imine (C=N–C) groups is 1. The number of hydrogen-bond donors (Lipinski definition) is 2. The topological polar surface area (TPSA) is 122 Å². The number of aromatic nitrogens is 4. The van der Waals surface area contributed by atoms with E-state index in [2.05, 4.69) is 42.1 Å². The summed E-state index contributed by atoms with van der Waals surface area (Å²) in [5.41, 5.74) is 0.131. The summed E-state index contributed by atoms with van der Waals surface area (Å²) in [5, 5.41) is 4.83. The van der Waals surface area contributed by atoms with Crippen LogP contribution in [0.15, 0.2) is 54.7 Å². The van der Waals surface area contributed by atoms with Gasteiger partial charge in [-0.05, 0) is 26.0 Å². The van der Waals surface area contributed by atoms with Gasteiger partial charge < -0.3 is 10.6 Å². The minimum absolute atomic E-state index is 0.102. The second-order valence-corrected chi connectivity index (χ2v) is 8.72. The van der Waals surface area contributed by atoms with Gasteiger partial charge in [-0.15, -0.1) is 11.3 Å². The number of alkyl halides is 3. The van der Waals surface area contributed by atoms with Crippen molar-refractivity contribution < 1.29 is 22.8 Å². The summed E-state index contributed by atoms with van der Waals surface area (Å²) in [6.07, 6.45) is 3.28. The molecule has 1 unspecified atom stereocenters. The first-order chi connectivity index (χ1) is 17.5. The summed E-state index contributed by atoms with van der Waals surface area (Å²) < 4.78 is 39.1. The Labute approximate surface area is 218 Å². The molecule has 0 aliphatic rings. The molecule has 1 atom stereocenters. The minimum Gasteiger partial charge on any atom is -0.342 e. The second-order valence-electron chi connectivity index (χ2n) is 7.25. The molecule has 3 rings (SSSR count). The smallest absolute Gasteiger partial charge is 0.342 e. The van der Waals surface area contributed by atoms with Crippen molar-refractivity contribution in [3.63, 3.8) is 0 Å². The van der Waals surface area contributed by atoms with E-state index in [4.69, 9.17) is 11.6 Å². The van der Waals surface area contributed by atoms with E-state index in [-0.39, 0.29) is 16.4 Å². The first-order valence-corrected chi connectivity index (χ1v) is 11.7. The SMILES string of the molecule is C=C/N=C\C(=C/C)c1cc(C(=O)NC(C)c2ncc(C(=O)Nc3cc(C(F)(F)F)c(Cl)cn3)s2)ncn1. The van der Waals surface area contributed by atoms with Crippen molar-refractivity contribution in [2.75, 3.05) is 5.32 Å². The number of amides is 2. The number of nitrogens with zero attached hydrogens (tertiary/aromatic N) is 5. The lowest BCUT2D eigenvalue weighted by molar-refractivity contribution is -0.137. The maximum atomic E-state index is 13.0. The minimum atomic E-state index is -4.71. The highest BCUT2D eigenvalue weighted by Gasteiger charge is 2.34. The lowest BCUT2D eigenvalue weighted by Gasteiger charge is -2.11. The zero-order valence-corrected chi connectivity index (χ0v) is 20.9.